The van der Waals surface area contributed by atoms with Gasteiger partial charge in [-0.2, -0.15) is 0 Å². The van der Waals surface area contributed by atoms with Crippen molar-refractivity contribution in [2.45, 2.75) is 18.6 Å². The number of anilines is 1. The van der Waals surface area contributed by atoms with Crippen molar-refractivity contribution in [2.75, 3.05) is 37.1 Å². The highest BCUT2D eigenvalue weighted by atomic mass is 35.5. The summed E-state index contributed by atoms with van der Waals surface area (Å²) in [6, 6.07) is 7.66. The van der Waals surface area contributed by atoms with Crippen molar-refractivity contribution in [2.24, 2.45) is 0 Å². The summed E-state index contributed by atoms with van der Waals surface area (Å²) < 4.78 is 5.32. The summed E-state index contributed by atoms with van der Waals surface area (Å²) in [4.78, 5) is 2.22. The van der Waals surface area contributed by atoms with Crippen molar-refractivity contribution in [3.05, 3.63) is 29.8 Å². The Bertz CT molecular complexity index is 396. The molecule has 0 saturated carbocycles. The lowest BCUT2D eigenvalue weighted by Gasteiger charge is -2.29. The molecule has 1 heterocycles. The van der Waals surface area contributed by atoms with Crippen LogP contribution in [-0.4, -0.2) is 48.5 Å². The Morgan fingerprint density at radius 2 is 2.00 bits per heavy atom. The predicted octanol–water partition coefficient (Wildman–Crippen LogP) is 1.55. The summed E-state index contributed by atoms with van der Waals surface area (Å²) in [7, 11) is 0. The average molecular weight is 286 g/mol. The molecule has 19 heavy (non-hydrogen) atoms. The number of aliphatic hydroxyl groups is 2. The summed E-state index contributed by atoms with van der Waals surface area (Å²) >= 11 is 5.59. The van der Waals surface area contributed by atoms with E-state index in [4.69, 9.17) is 16.3 Å². The first kappa shape index (κ1) is 14.6. The van der Waals surface area contributed by atoms with Crippen LogP contribution in [0, 0.1) is 0 Å². The smallest absolute Gasteiger partial charge is 0.105 e. The normalized spacial score (nSPS) is 19.2. The number of hydrogen-bond donors (Lipinski definition) is 2. The van der Waals surface area contributed by atoms with Gasteiger partial charge in [-0.25, -0.2) is 0 Å². The maximum atomic E-state index is 10.1. The molecule has 1 saturated heterocycles. The van der Waals surface area contributed by atoms with Crippen molar-refractivity contribution in [3.8, 4) is 0 Å². The van der Waals surface area contributed by atoms with Crippen LogP contribution in [0.1, 0.15) is 18.1 Å². The minimum absolute atomic E-state index is 0.335. The number of halogens is 1. The van der Waals surface area contributed by atoms with E-state index in [0.29, 0.717) is 12.3 Å². The third kappa shape index (κ3) is 3.83. The van der Waals surface area contributed by atoms with E-state index in [0.717, 1.165) is 37.6 Å². The Hall–Kier alpha value is -0.810. The van der Waals surface area contributed by atoms with Crippen molar-refractivity contribution in [1.29, 1.82) is 0 Å². The number of alkyl halides is 1. The van der Waals surface area contributed by atoms with Gasteiger partial charge in [-0.15, -0.1) is 11.6 Å². The van der Waals surface area contributed by atoms with Crippen LogP contribution in [0.25, 0.3) is 0 Å². The molecule has 1 aromatic carbocycles. The van der Waals surface area contributed by atoms with E-state index in [9.17, 15) is 10.2 Å². The zero-order valence-electron chi connectivity index (χ0n) is 10.8. The molecular formula is C14H20ClNO3. The predicted molar refractivity (Wildman–Crippen MR) is 75.8 cm³/mol. The fourth-order valence-corrected chi connectivity index (χ4v) is 2.44. The van der Waals surface area contributed by atoms with Gasteiger partial charge in [0, 0.05) is 24.7 Å². The number of rotatable bonds is 5. The van der Waals surface area contributed by atoms with E-state index < -0.39 is 12.2 Å². The molecule has 1 fully saturated rings. The monoisotopic (exact) mass is 285 g/mol. The van der Waals surface area contributed by atoms with Gasteiger partial charge in [-0.1, -0.05) is 12.1 Å². The van der Waals surface area contributed by atoms with Crippen LogP contribution >= 0.6 is 11.6 Å². The van der Waals surface area contributed by atoms with Gasteiger partial charge in [-0.3, -0.25) is 0 Å². The van der Waals surface area contributed by atoms with Crippen molar-refractivity contribution in [3.63, 3.8) is 0 Å². The third-order valence-electron chi connectivity index (χ3n) is 3.36. The average Bonchev–Trinajstić information content (AvgIpc) is 2.48. The van der Waals surface area contributed by atoms with Gasteiger partial charge in [0.2, 0.25) is 0 Å². The molecule has 0 amide bonds. The summed E-state index contributed by atoms with van der Waals surface area (Å²) in [6.45, 7) is 3.15. The lowest BCUT2D eigenvalue weighted by molar-refractivity contribution is 0.0170. The van der Waals surface area contributed by atoms with E-state index in [-0.39, 0.29) is 0 Å². The molecule has 5 heteroatoms. The molecule has 2 atom stereocenters. The van der Waals surface area contributed by atoms with Gasteiger partial charge in [0.15, 0.2) is 0 Å². The molecule has 1 aromatic rings. The van der Waals surface area contributed by atoms with Gasteiger partial charge in [0.25, 0.3) is 0 Å². The van der Waals surface area contributed by atoms with Crippen molar-refractivity contribution >= 4 is 17.3 Å². The highest BCUT2D eigenvalue weighted by Gasteiger charge is 2.19. The molecule has 0 bridgehead atoms. The topological polar surface area (TPSA) is 52.9 Å². The molecule has 0 aromatic heterocycles. The van der Waals surface area contributed by atoms with Crippen LogP contribution < -0.4 is 4.90 Å². The number of aliphatic hydroxyl groups excluding tert-OH is 2. The molecule has 2 rings (SSSR count). The summed E-state index contributed by atoms with van der Waals surface area (Å²) in [6.07, 6.45) is -1.33. The minimum Gasteiger partial charge on any atom is -0.390 e. The van der Waals surface area contributed by atoms with Gasteiger partial charge in [0.05, 0.1) is 19.3 Å². The maximum Gasteiger partial charge on any atom is 0.105 e. The second-order valence-corrected chi connectivity index (χ2v) is 5.06. The SMILES string of the molecule is OC(CCCl)C(O)c1cccc(N2CCOCC2)c1. The third-order valence-corrected chi connectivity index (χ3v) is 3.58. The summed E-state index contributed by atoms with van der Waals surface area (Å²) in [5.41, 5.74) is 1.78. The van der Waals surface area contributed by atoms with Crippen LogP contribution in [0.2, 0.25) is 0 Å². The molecule has 1 aliphatic rings. The number of morpholine rings is 1. The van der Waals surface area contributed by atoms with Crippen LogP contribution in [0.5, 0.6) is 0 Å². The molecule has 4 nitrogen and oxygen atoms in total. The molecule has 1 aliphatic heterocycles. The van der Waals surface area contributed by atoms with Gasteiger partial charge < -0.3 is 19.8 Å². The Morgan fingerprint density at radius 1 is 1.26 bits per heavy atom. The maximum absolute atomic E-state index is 10.1. The second-order valence-electron chi connectivity index (χ2n) is 4.68. The van der Waals surface area contributed by atoms with Crippen molar-refractivity contribution in [1.82, 2.24) is 0 Å². The van der Waals surface area contributed by atoms with Gasteiger partial charge >= 0.3 is 0 Å². The van der Waals surface area contributed by atoms with Crippen molar-refractivity contribution < 1.29 is 14.9 Å². The summed E-state index contributed by atoms with van der Waals surface area (Å²) in [5.74, 6) is 0.335. The first-order valence-corrected chi connectivity index (χ1v) is 7.10. The van der Waals surface area contributed by atoms with E-state index >= 15 is 0 Å². The number of hydrogen-bond acceptors (Lipinski definition) is 4. The Morgan fingerprint density at radius 3 is 2.68 bits per heavy atom. The zero-order valence-corrected chi connectivity index (χ0v) is 11.6. The number of nitrogens with zero attached hydrogens (tertiary/aromatic N) is 1. The van der Waals surface area contributed by atoms with E-state index in [1.807, 2.05) is 24.3 Å². The largest absolute Gasteiger partial charge is 0.390 e. The van der Waals surface area contributed by atoms with Gasteiger partial charge in [-0.05, 0) is 24.1 Å². The molecule has 106 valence electrons. The first-order valence-electron chi connectivity index (χ1n) is 6.57. The minimum atomic E-state index is -0.889. The Kier molecular flexibility index (Phi) is 5.45. The lowest BCUT2D eigenvalue weighted by atomic mass is 10.0. The highest BCUT2D eigenvalue weighted by Crippen LogP contribution is 2.24. The number of ether oxygens (including phenoxy) is 1. The zero-order chi connectivity index (χ0) is 13.7. The van der Waals surface area contributed by atoms with Gasteiger partial charge in [0.1, 0.15) is 6.10 Å². The van der Waals surface area contributed by atoms with Crippen LogP contribution in [0.15, 0.2) is 24.3 Å². The second kappa shape index (κ2) is 7.10. The van der Waals surface area contributed by atoms with Crippen LogP contribution in [0.4, 0.5) is 5.69 Å². The molecule has 0 radical (unpaired) electrons. The fraction of sp³-hybridized carbons (Fsp3) is 0.571. The molecule has 2 unspecified atom stereocenters. The Labute approximate surface area is 118 Å². The first-order chi connectivity index (χ1) is 9.22. The Balaban J connectivity index is 2.09. The molecular weight excluding hydrogens is 266 g/mol. The van der Waals surface area contributed by atoms with Crippen LogP contribution in [0.3, 0.4) is 0 Å². The standard InChI is InChI=1S/C14H20ClNO3/c15-5-4-13(17)14(18)11-2-1-3-12(10-11)16-6-8-19-9-7-16/h1-3,10,13-14,17-18H,4-9H2. The van der Waals surface area contributed by atoms with Crippen LogP contribution in [-0.2, 0) is 4.74 Å². The lowest BCUT2D eigenvalue weighted by Crippen LogP contribution is -2.36. The van der Waals surface area contributed by atoms with E-state index in [1.54, 1.807) is 0 Å². The molecule has 0 aliphatic carbocycles. The molecule has 0 spiro atoms. The van der Waals surface area contributed by atoms with E-state index in [2.05, 4.69) is 4.90 Å². The quantitative estimate of drug-likeness (QED) is 0.806. The highest BCUT2D eigenvalue weighted by molar-refractivity contribution is 6.17. The summed E-state index contributed by atoms with van der Waals surface area (Å²) in [5, 5.41) is 19.9. The fourth-order valence-electron chi connectivity index (χ4n) is 2.22. The molecule has 2 N–H and O–H groups in total. The van der Waals surface area contributed by atoms with E-state index in [1.165, 1.54) is 0 Å². The number of benzene rings is 1.